The third-order valence-corrected chi connectivity index (χ3v) is 3.59. The number of ether oxygens (including phenoxy) is 2. The highest BCUT2D eigenvalue weighted by atomic mass is 16.5. The fourth-order valence-corrected chi connectivity index (χ4v) is 2.44. The maximum absolute atomic E-state index is 11.5. The van der Waals surface area contributed by atoms with Crippen LogP contribution >= 0.6 is 0 Å². The van der Waals surface area contributed by atoms with Gasteiger partial charge in [0.1, 0.15) is 18.1 Å². The molecule has 3 rings (SSSR count). The van der Waals surface area contributed by atoms with E-state index in [1.54, 1.807) is 0 Å². The molecule has 2 aromatic carbocycles. The van der Waals surface area contributed by atoms with E-state index < -0.39 is 0 Å². The first kappa shape index (κ1) is 13.8. The first-order chi connectivity index (χ1) is 10.3. The number of carbonyl (C=O) groups is 1. The summed E-state index contributed by atoms with van der Waals surface area (Å²) in [6.07, 6.45) is 0.856. The zero-order chi connectivity index (χ0) is 14.5. The van der Waals surface area contributed by atoms with Crippen molar-refractivity contribution in [3.8, 4) is 5.75 Å². The van der Waals surface area contributed by atoms with Gasteiger partial charge in [0.15, 0.2) is 0 Å². The Morgan fingerprint density at radius 2 is 1.95 bits per heavy atom. The molecule has 3 nitrogen and oxygen atoms in total. The highest BCUT2D eigenvalue weighted by molar-refractivity contribution is 5.79. The van der Waals surface area contributed by atoms with Crippen LogP contribution in [0.3, 0.4) is 0 Å². The van der Waals surface area contributed by atoms with Crippen LogP contribution in [0.5, 0.6) is 5.75 Å². The zero-order valence-electron chi connectivity index (χ0n) is 11.8. The van der Waals surface area contributed by atoms with Crippen molar-refractivity contribution in [2.45, 2.75) is 25.6 Å². The van der Waals surface area contributed by atoms with Gasteiger partial charge in [-0.3, -0.25) is 4.79 Å². The lowest BCUT2D eigenvalue weighted by atomic mass is 10.0. The fourth-order valence-electron chi connectivity index (χ4n) is 2.44. The zero-order valence-corrected chi connectivity index (χ0v) is 11.8. The van der Waals surface area contributed by atoms with Gasteiger partial charge in [0.2, 0.25) is 0 Å². The predicted octanol–water partition coefficient (Wildman–Crippen LogP) is 3.69. The number of rotatable bonds is 4. The van der Waals surface area contributed by atoms with Crippen LogP contribution in [-0.2, 0) is 16.1 Å². The van der Waals surface area contributed by atoms with Crippen LogP contribution in [0, 0.1) is 0 Å². The van der Waals surface area contributed by atoms with Crippen LogP contribution in [0.1, 0.15) is 30.1 Å². The van der Waals surface area contributed by atoms with Crippen LogP contribution < -0.4 is 4.74 Å². The van der Waals surface area contributed by atoms with E-state index in [4.69, 9.17) is 9.47 Å². The summed E-state index contributed by atoms with van der Waals surface area (Å²) in [5, 5.41) is 0. The third-order valence-electron chi connectivity index (χ3n) is 3.59. The number of Topliss-reactive ketones (excluding diaryl/α,β-unsaturated/α-hetero) is 1. The van der Waals surface area contributed by atoms with Crippen molar-refractivity contribution in [2.24, 2.45) is 0 Å². The van der Waals surface area contributed by atoms with E-state index in [1.165, 1.54) is 0 Å². The Hall–Kier alpha value is -2.13. The van der Waals surface area contributed by atoms with Crippen molar-refractivity contribution in [1.82, 2.24) is 0 Å². The quantitative estimate of drug-likeness (QED) is 0.858. The molecule has 21 heavy (non-hydrogen) atoms. The van der Waals surface area contributed by atoms with Gasteiger partial charge in [-0.25, -0.2) is 0 Å². The molecule has 108 valence electrons. The summed E-state index contributed by atoms with van der Waals surface area (Å²) in [6, 6.07) is 17.9. The molecule has 0 aliphatic carbocycles. The summed E-state index contributed by atoms with van der Waals surface area (Å²) >= 11 is 0. The van der Waals surface area contributed by atoms with Crippen LogP contribution in [0.15, 0.2) is 54.6 Å². The summed E-state index contributed by atoms with van der Waals surface area (Å²) in [4.78, 5) is 11.5. The molecule has 1 heterocycles. The van der Waals surface area contributed by atoms with E-state index in [1.807, 2.05) is 54.6 Å². The molecule has 0 saturated carbocycles. The molecule has 0 aromatic heterocycles. The highest BCUT2D eigenvalue weighted by Crippen LogP contribution is 2.28. The van der Waals surface area contributed by atoms with Gasteiger partial charge in [-0.05, 0) is 23.3 Å². The normalized spacial score (nSPS) is 18.5. The Morgan fingerprint density at radius 1 is 1.10 bits per heavy atom. The molecule has 1 atom stereocenters. The monoisotopic (exact) mass is 282 g/mol. The fraction of sp³-hybridized carbons (Fsp3) is 0.278. The molecular weight excluding hydrogens is 264 g/mol. The second-order valence-electron chi connectivity index (χ2n) is 5.20. The summed E-state index contributed by atoms with van der Waals surface area (Å²) in [5.41, 5.74) is 2.14. The van der Waals surface area contributed by atoms with Gasteiger partial charge in [0, 0.05) is 12.8 Å². The molecule has 1 aliphatic rings. The van der Waals surface area contributed by atoms with Gasteiger partial charge < -0.3 is 9.47 Å². The molecule has 1 unspecified atom stereocenters. The van der Waals surface area contributed by atoms with Crippen molar-refractivity contribution in [3.05, 3.63) is 65.7 Å². The maximum Gasteiger partial charge on any atom is 0.138 e. The maximum atomic E-state index is 11.5. The summed E-state index contributed by atoms with van der Waals surface area (Å²) < 4.78 is 11.5. The van der Waals surface area contributed by atoms with E-state index in [0.717, 1.165) is 16.9 Å². The Balaban J connectivity index is 1.67. The van der Waals surface area contributed by atoms with Crippen molar-refractivity contribution in [3.63, 3.8) is 0 Å². The molecule has 1 saturated heterocycles. The lowest BCUT2D eigenvalue weighted by Crippen LogP contribution is -2.19. The minimum atomic E-state index is -0.133. The van der Waals surface area contributed by atoms with E-state index in [0.29, 0.717) is 26.1 Å². The summed E-state index contributed by atoms with van der Waals surface area (Å²) in [7, 11) is 0. The molecule has 3 heteroatoms. The lowest BCUT2D eigenvalue weighted by Gasteiger charge is -2.22. The predicted molar refractivity (Wildman–Crippen MR) is 80.2 cm³/mol. The molecule has 0 spiro atoms. The first-order valence-corrected chi connectivity index (χ1v) is 7.21. The van der Waals surface area contributed by atoms with Crippen LogP contribution in [0.25, 0.3) is 0 Å². The Bertz CT molecular complexity index is 607. The number of ketones is 1. The third kappa shape index (κ3) is 3.70. The van der Waals surface area contributed by atoms with Gasteiger partial charge in [-0.2, -0.15) is 0 Å². The second-order valence-corrected chi connectivity index (χ2v) is 5.20. The van der Waals surface area contributed by atoms with Gasteiger partial charge in [0.05, 0.1) is 12.7 Å². The van der Waals surface area contributed by atoms with Gasteiger partial charge in [-0.15, -0.1) is 0 Å². The van der Waals surface area contributed by atoms with E-state index in [-0.39, 0.29) is 11.9 Å². The number of carbonyl (C=O) groups excluding carboxylic acids is 1. The molecular formula is C18H18O3. The lowest BCUT2D eigenvalue weighted by molar-refractivity contribution is -0.128. The Morgan fingerprint density at radius 3 is 2.76 bits per heavy atom. The van der Waals surface area contributed by atoms with Gasteiger partial charge in [-0.1, -0.05) is 42.5 Å². The molecule has 2 aromatic rings. The number of hydrogen-bond acceptors (Lipinski definition) is 3. The Labute approximate surface area is 124 Å². The second kappa shape index (κ2) is 6.55. The topological polar surface area (TPSA) is 35.5 Å². The largest absolute Gasteiger partial charge is 0.489 e. The van der Waals surface area contributed by atoms with Crippen molar-refractivity contribution in [2.75, 3.05) is 6.61 Å². The standard InChI is InChI=1S/C18H18O3/c19-16-9-10-20-18(12-16)15-7-4-8-17(11-15)21-13-14-5-2-1-3-6-14/h1-8,11,18H,9-10,12-13H2. The number of hydrogen-bond donors (Lipinski definition) is 0. The summed E-state index contributed by atoms with van der Waals surface area (Å²) in [5.74, 6) is 1.07. The van der Waals surface area contributed by atoms with E-state index in [2.05, 4.69) is 0 Å². The SMILES string of the molecule is O=C1CCOC(c2cccc(OCc3ccccc3)c2)C1. The van der Waals surface area contributed by atoms with E-state index in [9.17, 15) is 4.79 Å². The average molecular weight is 282 g/mol. The van der Waals surface area contributed by atoms with Gasteiger partial charge >= 0.3 is 0 Å². The van der Waals surface area contributed by atoms with E-state index >= 15 is 0 Å². The van der Waals surface area contributed by atoms with Gasteiger partial charge in [0.25, 0.3) is 0 Å². The number of benzene rings is 2. The molecule has 1 fully saturated rings. The van der Waals surface area contributed by atoms with Crippen molar-refractivity contribution < 1.29 is 14.3 Å². The minimum Gasteiger partial charge on any atom is -0.489 e. The van der Waals surface area contributed by atoms with Crippen LogP contribution in [0.2, 0.25) is 0 Å². The minimum absolute atomic E-state index is 0.133. The van der Waals surface area contributed by atoms with Crippen LogP contribution in [0.4, 0.5) is 0 Å². The van der Waals surface area contributed by atoms with Crippen LogP contribution in [-0.4, -0.2) is 12.4 Å². The average Bonchev–Trinajstić information content (AvgIpc) is 2.54. The molecule has 0 bridgehead atoms. The molecule has 0 amide bonds. The summed E-state index contributed by atoms with van der Waals surface area (Å²) in [6.45, 7) is 1.05. The molecule has 0 N–H and O–H groups in total. The highest BCUT2D eigenvalue weighted by Gasteiger charge is 2.21. The first-order valence-electron chi connectivity index (χ1n) is 7.21. The van der Waals surface area contributed by atoms with Crippen molar-refractivity contribution >= 4 is 5.78 Å². The van der Waals surface area contributed by atoms with Crippen molar-refractivity contribution in [1.29, 1.82) is 0 Å². The molecule has 1 aliphatic heterocycles. The Kier molecular flexibility index (Phi) is 4.31. The smallest absolute Gasteiger partial charge is 0.138 e. The molecule has 0 radical (unpaired) electrons.